The molecule has 0 aliphatic carbocycles. The van der Waals surface area contributed by atoms with Crippen molar-refractivity contribution in [3.63, 3.8) is 0 Å². The highest BCUT2D eigenvalue weighted by atomic mass is 32.2. The number of sulfone groups is 1. The van der Waals surface area contributed by atoms with Crippen LogP contribution in [0.3, 0.4) is 0 Å². The van der Waals surface area contributed by atoms with Gasteiger partial charge in [0.2, 0.25) is 0 Å². The van der Waals surface area contributed by atoms with Crippen molar-refractivity contribution in [2.45, 2.75) is 18.7 Å². The summed E-state index contributed by atoms with van der Waals surface area (Å²) in [5, 5.41) is 3.54. The van der Waals surface area contributed by atoms with Gasteiger partial charge in [-0.05, 0) is 50.2 Å². The van der Waals surface area contributed by atoms with Crippen molar-refractivity contribution in [2.75, 3.05) is 46.1 Å². The molecule has 0 unspecified atom stereocenters. The van der Waals surface area contributed by atoms with Crippen LogP contribution < -0.4 is 20.6 Å². The van der Waals surface area contributed by atoms with Crippen LogP contribution in [0.25, 0.3) is 0 Å². The van der Waals surface area contributed by atoms with Crippen LogP contribution in [0.15, 0.2) is 64.8 Å². The van der Waals surface area contributed by atoms with Gasteiger partial charge in [0.05, 0.1) is 24.7 Å². The number of amides is 1. The Labute approximate surface area is 234 Å². The number of hydrazine groups is 1. The lowest BCUT2D eigenvalue weighted by molar-refractivity contribution is 0.0964. The number of carbonyl (C=O) groups is 1. The van der Waals surface area contributed by atoms with Crippen molar-refractivity contribution >= 4 is 29.7 Å². The number of ether oxygens (including phenoxy) is 3. The van der Waals surface area contributed by atoms with Gasteiger partial charge in [0.15, 0.2) is 9.84 Å². The van der Waals surface area contributed by atoms with Gasteiger partial charge >= 0.3 is 7.60 Å². The minimum atomic E-state index is -3.45. The minimum Gasteiger partial charge on any atom is -0.491 e. The number of carbonyl (C=O) groups excluding carboxylic acids is 1. The Morgan fingerprint density at radius 1 is 1.07 bits per heavy atom. The quantitative estimate of drug-likeness (QED) is 0.0682. The fourth-order valence-electron chi connectivity index (χ4n) is 3.11. The van der Waals surface area contributed by atoms with Gasteiger partial charge in [-0.25, -0.2) is 19.3 Å². The number of nitrogens with zero attached hydrogens (tertiary/aromatic N) is 2. The maximum Gasteiger partial charge on any atom is 0.351 e. The largest absolute Gasteiger partial charge is 0.491 e. The van der Waals surface area contributed by atoms with Crippen LogP contribution in [0.5, 0.6) is 17.2 Å². The summed E-state index contributed by atoms with van der Waals surface area (Å²) >= 11 is 0. The number of methoxy groups -OCH3 is 1. The summed E-state index contributed by atoms with van der Waals surface area (Å²) in [5.74, 6) is 6.15. The van der Waals surface area contributed by atoms with Crippen molar-refractivity contribution in [2.24, 2.45) is 10.8 Å². The predicted molar refractivity (Wildman–Crippen MR) is 150 cm³/mol. The highest BCUT2D eigenvalue weighted by Gasteiger charge is 2.25. The van der Waals surface area contributed by atoms with E-state index in [4.69, 9.17) is 29.1 Å². The Kier molecular flexibility index (Phi) is 12.8. The summed E-state index contributed by atoms with van der Waals surface area (Å²) in [5.41, 5.74) is 0.163. The summed E-state index contributed by atoms with van der Waals surface area (Å²) in [6.07, 6.45) is 1.98. The Morgan fingerprint density at radius 3 is 2.27 bits per heavy atom. The molecule has 0 radical (unpaired) electrons. The molecule has 2 rings (SSSR count). The standard InChI is InChI=1S/C25H35N4O9PS/c1-6-36-39(31,37-7-2)18-29(26)17-27-19(3)28-25(30)20-14-22(35-13-12-34-4)16-23(15-20)38-21-8-10-24(11-9-21)40(5,32)33/h8-11,14-17H,3,6-7,12-13,18,26H2,1-2,4-5H3,(H,28,30). The van der Waals surface area contributed by atoms with Gasteiger partial charge in [-0.15, -0.1) is 0 Å². The van der Waals surface area contributed by atoms with Crippen LogP contribution >= 0.6 is 7.60 Å². The molecule has 0 saturated heterocycles. The molecule has 1 amide bonds. The van der Waals surface area contributed by atoms with Crippen molar-refractivity contribution in [3.05, 3.63) is 60.4 Å². The fraction of sp³-hybridized carbons (Fsp3) is 0.360. The summed E-state index contributed by atoms with van der Waals surface area (Å²) in [4.78, 5) is 17.1. The Hall–Kier alpha value is -3.26. The molecule has 15 heteroatoms. The molecule has 0 aromatic heterocycles. The van der Waals surface area contributed by atoms with Crippen LogP contribution in [0.4, 0.5) is 0 Å². The molecule has 0 aliphatic heterocycles. The van der Waals surface area contributed by atoms with Gasteiger partial charge in [-0.2, -0.15) is 0 Å². The Balaban J connectivity index is 2.17. The molecule has 0 atom stereocenters. The van der Waals surface area contributed by atoms with E-state index in [0.717, 1.165) is 17.6 Å². The first-order valence-electron chi connectivity index (χ1n) is 12.1. The SMILES string of the molecule is C=C(N=CN(N)CP(=O)(OCC)OCC)NC(=O)c1cc(OCCOC)cc(Oc2ccc(S(C)(=O)=O)cc2)c1. The molecule has 220 valence electrons. The lowest BCUT2D eigenvalue weighted by Gasteiger charge is -2.21. The second-order valence-corrected chi connectivity index (χ2v) is 12.2. The number of hydrogen-bond donors (Lipinski definition) is 2. The second kappa shape index (κ2) is 15.5. The molecule has 0 fully saturated rings. The van der Waals surface area contributed by atoms with Crippen LogP contribution in [0.1, 0.15) is 24.2 Å². The van der Waals surface area contributed by atoms with E-state index in [1.165, 1.54) is 43.5 Å². The van der Waals surface area contributed by atoms with Crippen LogP contribution in [-0.4, -0.2) is 71.8 Å². The van der Waals surface area contributed by atoms with Gasteiger partial charge in [0.25, 0.3) is 5.91 Å². The van der Waals surface area contributed by atoms with Gasteiger partial charge in [0.1, 0.15) is 42.3 Å². The van der Waals surface area contributed by atoms with E-state index in [1.807, 2.05) is 0 Å². The van der Waals surface area contributed by atoms with Crippen LogP contribution in [0, 0.1) is 0 Å². The average Bonchev–Trinajstić information content (AvgIpc) is 2.87. The van der Waals surface area contributed by atoms with Crippen molar-refractivity contribution in [3.8, 4) is 17.2 Å². The molecule has 2 aromatic rings. The smallest absolute Gasteiger partial charge is 0.351 e. The van der Waals surface area contributed by atoms with E-state index in [2.05, 4.69) is 16.9 Å². The number of rotatable bonds is 17. The zero-order valence-corrected chi connectivity index (χ0v) is 24.6. The number of nitrogens with two attached hydrogens (primary N) is 1. The zero-order valence-electron chi connectivity index (χ0n) is 22.9. The first-order chi connectivity index (χ1) is 18.9. The first kappa shape index (κ1) is 32.9. The third-order valence-electron chi connectivity index (χ3n) is 4.79. The molecule has 0 bridgehead atoms. The Bertz CT molecular complexity index is 1320. The lowest BCUT2D eigenvalue weighted by atomic mass is 10.2. The molecule has 0 aliphatic rings. The van der Waals surface area contributed by atoms with Gasteiger partial charge in [0, 0.05) is 25.0 Å². The van der Waals surface area contributed by atoms with Gasteiger partial charge < -0.3 is 28.6 Å². The second-order valence-electron chi connectivity index (χ2n) is 8.13. The molecule has 0 heterocycles. The summed E-state index contributed by atoms with van der Waals surface area (Å²) in [6.45, 7) is 7.95. The van der Waals surface area contributed by atoms with Gasteiger partial charge in [-0.1, -0.05) is 6.58 Å². The average molecular weight is 599 g/mol. The molecular weight excluding hydrogens is 563 g/mol. The summed E-state index contributed by atoms with van der Waals surface area (Å²) < 4.78 is 62.9. The van der Waals surface area contributed by atoms with E-state index in [-0.39, 0.29) is 48.1 Å². The lowest BCUT2D eigenvalue weighted by Crippen LogP contribution is -2.32. The molecule has 40 heavy (non-hydrogen) atoms. The topological polar surface area (TPSA) is 168 Å². The number of nitrogens with one attached hydrogen (secondary N) is 1. The third kappa shape index (κ3) is 11.1. The number of hydrogen-bond acceptors (Lipinski definition) is 11. The van der Waals surface area contributed by atoms with E-state index < -0.39 is 23.3 Å². The minimum absolute atomic E-state index is 0.0485. The maximum atomic E-state index is 13.0. The van der Waals surface area contributed by atoms with E-state index >= 15 is 0 Å². The highest BCUT2D eigenvalue weighted by Crippen LogP contribution is 2.47. The fourth-order valence-corrected chi connectivity index (χ4v) is 5.24. The van der Waals surface area contributed by atoms with Crippen molar-refractivity contribution in [1.29, 1.82) is 0 Å². The number of benzene rings is 2. The van der Waals surface area contributed by atoms with E-state index in [0.29, 0.717) is 18.1 Å². The van der Waals surface area contributed by atoms with E-state index in [9.17, 15) is 17.8 Å². The molecule has 3 N–H and O–H groups in total. The van der Waals surface area contributed by atoms with Crippen molar-refractivity contribution < 1.29 is 41.0 Å². The van der Waals surface area contributed by atoms with Gasteiger partial charge in [-0.3, -0.25) is 14.4 Å². The first-order valence-corrected chi connectivity index (χ1v) is 15.7. The molecular formula is C25H35N4O9PS. The summed E-state index contributed by atoms with van der Waals surface area (Å²) in [7, 11) is -5.28. The third-order valence-corrected chi connectivity index (χ3v) is 7.90. The maximum absolute atomic E-state index is 13.0. The molecule has 13 nitrogen and oxygen atoms in total. The molecule has 2 aromatic carbocycles. The molecule has 0 saturated carbocycles. The summed E-state index contributed by atoms with van der Waals surface area (Å²) in [6, 6.07) is 10.4. The predicted octanol–water partition coefficient (Wildman–Crippen LogP) is 3.54. The normalized spacial score (nSPS) is 11.8. The number of aliphatic imine (C=N–C) groups is 1. The zero-order chi connectivity index (χ0) is 29.8. The van der Waals surface area contributed by atoms with Crippen molar-refractivity contribution in [1.82, 2.24) is 10.3 Å². The Morgan fingerprint density at radius 2 is 1.70 bits per heavy atom. The van der Waals surface area contributed by atoms with E-state index in [1.54, 1.807) is 19.9 Å². The van der Waals surface area contributed by atoms with Crippen LogP contribution in [0.2, 0.25) is 0 Å². The monoisotopic (exact) mass is 598 g/mol. The highest BCUT2D eigenvalue weighted by molar-refractivity contribution is 7.90. The molecule has 0 spiro atoms. The van der Waals surface area contributed by atoms with Crippen LogP contribution in [-0.2, 0) is 28.2 Å².